The average molecular weight is 410 g/mol. The van der Waals surface area contributed by atoms with Crippen LogP contribution in [0.1, 0.15) is 27.7 Å². The Labute approximate surface area is 178 Å². The number of anilines is 1. The van der Waals surface area contributed by atoms with E-state index in [2.05, 4.69) is 25.7 Å². The van der Waals surface area contributed by atoms with Crippen LogP contribution in [-0.4, -0.2) is 31.6 Å². The van der Waals surface area contributed by atoms with Crippen molar-refractivity contribution in [2.24, 2.45) is 0 Å². The fourth-order valence-electron chi connectivity index (χ4n) is 3.75. The molecule has 0 saturated heterocycles. The fraction of sp³-hybridized carbons (Fsp3) is 0.0870. The molecule has 0 bridgehead atoms. The Hall–Kier alpha value is -4.33. The van der Waals surface area contributed by atoms with Gasteiger partial charge in [-0.05, 0) is 23.8 Å². The van der Waals surface area contributed by atoms with Crippen LogP contribution in [0, 0.1) is 0 Å². The number of amides is 2. The summed E-state index contributed by atoms with van der Waals surface area (Å²) in [5.74, 6) is -0.566. The Morgan fingerprint density at radius 3 is 2.48 bits per heavy atom. The van der Waals surface area contributed by atoms with Crippen LogP contribution in [0.4, 0.5) is 5.69 Å². The van der Waals surface area contributed by atoms with E-state index >= 15 is 0 Å². The summed E-state index contributed by atoms with van der Waals surface area (Å²) in [7, 11) is 0. The van der Waals surface area contributed by atoms with Crippen LogP contribution in [0.15, 0.2) is 79.4 Å². The lowest BCUT2D eigenvalue weighted by molar-refractivity contribution is -0.116. The molecular formula is C23H18N6O2. The van der Waals surface area contributed by atoms with E-state index in [9.17, 15) is 9.59 Å². The van der Waals surface area contributed by atoms with Crippen LogP contribution in [0.2, 0.25) is 0 Å². The number of nitrogens with zero attached hydrogens (tertiary/aromatic N) is 4. The molecule has 1 aliphatic heterocycles. The zero-order valence-corrected chi connectivity index (χ0v) is 16.4. The SMILES string of the molecule is O=C(Cn1nc(-c2ccccc2)c2c1C(=O)NC2c1cccnc1)Nc1cccnc1. The lowest BCUT2D eigenvalue weighted by atomic mass is 9.98. The van der Waals surface area contributed by atoms with Crippen molar-refractivity contribution in [1.82, 2.24) is 25.1 Å². The standard InChI is InChI=1S/C23H18N6O2/c30-18(26-17-9-5-11-25-13-17)14-29-22-19(21(28-29)15-6-2-1-3-7-15)20(27-23(22)31)16-8-4-10-24-12-16/h1-13,20H,14H2,(H,26,30)(H,27,31). The number of benzene rings is 1. The zero-order chi connectivity index (χ0) is 21.2. The van der Waals surface area contributed by atoms with Gasteiger partial charge in [-0.1, -0.05) is 36.4 Å². The summed E-state index contributed by atoms with van der Waals surface area (Å²) < 4.78 is 1.47. The molecule has 2 N–H and O–H groups in total. The Bertz CT molecular complexity index is 1240. The maximum atomic E-state index is 12.9. The smallest absolute Gasteiger partial charge is 0.270 e. The van der Waals surface area contributed by atoms with Crippen LogP contribution in [0.3, 0.4) is 0 Å². The fourth-order valence-corrected chi connectivity index (χ4v) is 3.75. The van der Waals surface area contributed by atoms with Crippen molar-refractivity contribution in [3.63, 3.8) is 0 Å². The van der Waals surface area contributed by atoms with Gasteiger partial charge in [-0.2, -0.15) is 5.10 Å². The Morgan fingerprint density at radius 2 is 1.77 bits per heavy atom. The van der Waals surface area contributed by atoms with Gasteiger partial charge in [0.2, 0.25) is 5.91 Å². The molecule has 4 aromatic rings. The molecule has 0 aliphatic carbocycles. The van der Waals surface area contributed by atoms with Crippen LogP contribution in [-0.2, 0) is 11.3 Å². The number of pyridine rings is 2. The minimum Gasteiger partial charge on any atom is -0.340 e. The minimum absolute atomic E-state index is 0.1000. The lowest BCUT2D eigenvalue weighted by Gasteiger charge is -2.12. The van der Waals surface area contributed by atoms with Gasteiger partial charge in [0.05, 0.1) is 23.6 Å². The normalized spacial score (nSPS) is 14.7. The summed E-state index contributed by atoms with van der Waals surface area (Å²) >= 11 is 0. The zero-order valence-electron chi connectivity index (χ0n) is 16.4. The van der Waals surface area contributed by atoms with E-state index in [0.29, 0.717) is 17.1 Å². The second kappa shape index (κ2) is 7.83. The maximum absolute atomic E-state index is 12.9. The molecule has 1 aromatic carbocycles. The van der Waals surface area contributed by atoms with Gasteiger partial charge in [-0.15, -0.1) is 0 Å². The highest BCUT2D eigenvalue weighted by atomic mass is 16.2. The van der Waals surface area contributed by atoms with Gasteiger partial charge in [0.15, 0.2) is 0 Å². The van der Waals surface area contributed by atoms with E-state index in [0.717, 1.165) is 16.7 Å². The van der Waals surface area contributed by atoms with Crippen molar-refractivity contribution in [3.05, 3.63) is 96.2 Å². The van der Waals surface area contributed by atoms with Crippen molar-refractivity contribution in [1.29, 1.82) is 0 Å². The first-order valence-electron chi connectivity index (χ1n) is 9.77. The van der Waals surface area contributed by atoms with Crippen molar-refractivity contribution in [2.75, 3.05) is 5.32 Å². The Balaban J connectivity index is 1.56. The highest BCUT2D eigenvalue weighted by Gasteiger charge is 2.38. The van der Waals surface area contributed by atoms with Gasteiger partial charge < -0.3 is 10.6 Å². The summed E-state index contributed by atoms with van der Waals surface area (Å²) in [5.41, 5.74) is 4.10. The van der Waals surface area contributed by atoms with Crippen LogP contribution in [0.5, 0.6) is 0 Å². The summed E-state index contributed by atoms with van der Waals surface area (Å²) in [6, 6.07) is 16.5. The number of fused-ring (bicyclic) bond motifs is 1. The first-order valence-corrected chi connectivity index (χ1v) is 9.77. The second-order valence-electron chi connectivity index (χ2n) is 7.12. The summed E-state index contributed by atoms with van der Waals surface area (Å²) in [6.07, 6.45) is 6.60. The van der Waals surface area contributed by atoms with E-state index < -0.39 is 0 Å². The van der Waals surface area contributed by atoms with Crippen molar-refractivity contribution in [3.8, 4) is 11.3 Å². The number of rotatable bonds is 5. The Morgan fingerprint density at radius 1 is 1.00 bits per heavy atom. The molecule has 8 nitrogen and oxygen atoms in total. The first kappa shape index (κ1) is 18.7. The monoisotopic (exact) mass is 410 g/mol. The van der Waals surface area contributed by atoms with E-state index in [-0.39, 0.29) is 24.4 Å². The molecule has 152 valence electrons. The van der Waals surface area contributed by atoms with Crippen molar-refractivity contribution < 1.29 is 9.59 Å². The molecule has 31 heavy (non-hydrogen) atoms. The number of nitrogens with one attached hydrogen (secondary N) is 2. The molecule has 0 radical (unpaired) electrons. The Kier molecular flexibility index (Phi) is 4.72. The highest BCUT2D eigenvalue weighted by Crippen LogP contribution is 2.38. The molecule has 0 fully saturated rings. The third kappa shape index (κ3) is 3.55. The van der Waals surface area contributed by atoms with Gasteiger partial charge >= 0.3 is 0 Å². The number of hydrogen-bond acceptors (Lipinski definition) is 5. The van der Waals surface area contributed by atoms with Gasteiger partial charge in [-0.3, -0.25) is 19.6 Å². The first-order chi connectivity index (χ1) is 15.2. The third-order valence-corrected chi connectivity index (χ3v) is 5.07. The summed E-state index contributed by atoms with van der Waals surface area (Å²) in [5, 5.41) is 10.5. The summed E-state index contributed by atoms with van der Waals surface area (Å²) in [4.78, 5) is 33.7. The molecular weight excluding hydrogens is 392 g/mol. The molecule has 4 heterocycles. The maximum Gasteiger partial charge on any atom is 0.270 e. The topological polar surface area (TPSA) is 102 Å². The predicted molar refractivity (Wildman–Crippen MR) is 114 cm³/mol. The molecule has 5 rings (SSSR count). The van der Waals surface area contributed by atoms with Crippen LogP contribution >= 0.6 is 0 Å². The second-order valence-corrected chi connectivity index (χ2v) is 7.12. The van der Waals surface area contributed by atoms with Gasteiger partial charge in [0.25, 0.3) is 5.91 Å². The average Bonchev–Trinajstić information content (AvgIpc) is 3.34. The summed E-state index contributed by atoms with van der Waals surface area (Å²) in [6.45, 7) is -0.1000. The number of aromatic nitrogens is 4. The van der Waals surface area contributed by atoms with Gasteiger partial charge in [0, 0.05) is 29.7 Å². The molecule has 0 saturated carbocycles. The molecule has 2 amide bonds. The van der Waals surface area contributed by atoms with Crippen LogP contribution < -0.4 is 10.6 Å². The van der Waals surface area contributed by atoms with E-state index in [1.165, 1.54) is 4.68 Å². The van der Waals surface area contributed by atoms with E-state index in [1.54, 1.807) is 36.9 Å². The quantitative estimate of drug-likeness (QED) is 0.527. The van der Waals surface area contributed by atoms with Crippen LogP contribution in [0.25, 0.3) is 11.3 Å². The lowest BCUT2D eigenvalue weighted by Crippen LogP contribution is -2.26. The molecule has 1 unspecified atom stereocenters. The highest BCUT2D eigenvalue weighted by molar-refractivity contribution is 6.01. The van der Waals surface area contributed by atoms with Gasteiger partial charge in [-0.25, -0.2) is 4.68 Å². The predicted octanol–water partition coefficient (Wildman–Crippen LogP) is 2.81. The molecule has 8 heteroatoms. The molecule has 1 atom stereocenters. The number of carbonyl (C=O) groups excluding carboxylic acids is 2. The third-order valence-electron chi connectivity index (χ3n) is 5.07. The van der Waals surface area contributed by atoms with Gasteiger partial charge in [0.1, 0.15) is 12.2 Å². The van der Waals surface area contributed by atoms with E-state index in [1.807, 2.05) is 42.5 Å². The molecule has 3 aromatic heterocycles. The van der Waals surface area contributed by atoms with E-state index in [4.69, 9.17) is 0 Å². The minimum atomic E-state index is -0.387. The number of carbonyl (C=O) groups is 2. The number of hydrogen-bond donors (Lipinski definition) is 2. The molecule has 0 spiro atoms. The molecule has 1 aliphatic rings. The van der Waals surface area contributed by atoms with Crippen molar-refractivity contribution in [2.45, 2.75) is 12.6 Å². The largest absolute Gasteiger partial charge is 0.340 e. The van der Waals surface area contributed by atoms with Crippen molar-refractivity contribution >= 4 is 17.5 Å².